The van der Waals surface area contributed by atoms with Crippen molar-refractivity contribution in [3.63, 3.8) is 0 Å². The van der Waals surface area contributed by atoms with Crippen molar-refractivity contribution in [3.8, 4) is 0 Å². The molecule has 0 bridgehead atoms. The lowest BCUT2D eigenvalue weighted by Gasteiger charge is -2.45. The van der Waals surface area contributed by atoms with Gasteiger partial charge in [-0.1, -0.05) is 13.8 Å². The highest BCUT2D eigenvalue weighted by Gasteiger charge is 2.43. The number of rotatable bonds is 3. The van der Waals surface area contributed by atoms with Crippen molar-refractivity contribution in [1.29, 1.82) is 0 Å². The first-order valence-electron chi connectivity index (χ1n) is 5.93. The van der Waals surface area contributed by atoms with Crippen LogP contribution in [0.25, 0.3) is 0 Å². The zero-order valence-electron chi connectivity index (χ0n) is 10.6. The summed E-state index contributed by atoms with van der Waals surface area (Å²) in [7, 11) is 0. The Kier molecular flexibility index (Phi) is 4.35. The lowest BCUT2D eigenvalue weighted by atomic mass is 9.81. The van der Waals surface area contributed by atoms with Gasteiger partial charge in [0.15, 0.2) is 0 Å². The monoisotopic (exact) mass is 232 g/mol. The van der Waals surface area contributed by atoms with Gasteiger partial charge in [-0.3, -0.25) is 0 Å². The molecule has 0 aromatic heterocycles. The molecule has 0 spiro atoms. The molecule has 0 aromatic rings. The molecule has 0 aromatic carbocycles. The van der Waals surface area contributed by atoms with E-state index in [2.05, 4.69) is 0 Å². The van der Waals surface area contributed by atoms with Gasteiger partial charge in [0.1, 0.15) is 0 Å². The fraction of sp³-hybridized carbons (Fsp3) is 1.00. The van der Waals surface area contributed by atoms with Crippen LogP contribution in [-0.4, -0.2) is 45.8 Å². The summed E-state index contributed by atoms with van der Waals surface area (Å²) in [6, 6.07) is 0. The summed E-state index contributed by atoms with van der Waals surface area (Å²) in [6.07, 6.45) is -1.05. The average Bonchev–Trinajstić information content (AvgIpc) is 2.20. The zero-order valence-corrected chi connectivity index (χ0v) is 10.6. The lowest BCUT2D eigenvalue weighted by molar-refractivity contribution is -0.212. The van der Waals surface area contributed by atoms with Gasteiger partial charge >= 0.3 is 0 Å². The van der Waals surface area contributed by atoms with Gasteiger partial charge in [-0.25, -0.2) is 0 Å². The Balaban J connectivity index is 2.77. The van der Waals surface area contributed by atoms with Crippen LogP contribution in [0.3, 0.4) is 0 Å². The number of ether oxygens (including phenoxy) is 1. The van der Waals surface area contributed by atoms with E-state index in [1.54, 1.807) is 6.92 Å². The lowest BCUT2D eigenvalue weighted by Crippen LogP contribution is -2.54. The maximum atomic E-state index is 10.1. The minimum Gasteiger partial charge on any atom is -0.396 e. The normalized spacial score (nSPS) is 38.1. The average molecular weight is 232 g/mol. The van der Waals surface area contributed by atoms with Crippen molar-refractivity contribution in [3.05, 3.63) is 0 Å². The Morgan fingerprint density at radius 2 is 2.00 bits per heavy atom. The molecule has 1 fully saturated rings. The van der Waals surface area contributed by atoms with Crippen LogP contribution in [0.2, 0.25) is 0 Å². The molecule has 1 saturated heterocycles. The van der Waals surface area contributed by atoms with Crippen LogP contribution in [0.5, 0.6) is 0 Å². The molecule has 1 heterocycles. The summed E-state index contributed by atoms with van der Waals surface area (Å²) in [5.41, 5.74) is -0.424. The third-order valence-corrected chi connectivity index (χ3v) is 3.49. The van der Waals surface area contributed by atoms with Crippen molar-refractivity contribution < 1.29 is 20.1 Å². The minimum absolute atomic E-state index is 0.0791. The van der Waals surface area contributed by atoms with Gasteiger partial charge in [-0.2, -0.15) is 0 Å². The quantitative estimate of drug-likeness (QED) is 0.664. The van der Waals surface area contributed by atoms with Crippen LogP contribution < -0.4 is 0 Å². The second-order valence-electron chi connectivity index (χ2n) is 5.62. The van der Waals surface area contributed by atoms with Crippen molar-refractivity contribution in [2.45, 2.75) is 58.0 Å². The Hall–Kier alpha value is -0.160. The van der Waals surface area contributed by atoms with E-state index in [1.165, 1.54) is 0 Å². The number of hydrogen-bond acceptors (Lipinski definition) is 4. The molecule has 1 aliphatic heterocycles. The van der Waals surface area contributed by atoms with Crippen molar-refractivity contribution in [1.82, 2.24) is 0 Å². The van der Waals surface area contributed by atoms with E-state index < -0.39 is 23.9 Å². The van der Waals surface area contributed by atoms with Gasteiger partial charge in [0.05, 0.1) is 23.9 Å². The summed E-state index contributed by atoms with van der Waals surface area (Å²) < 4.78 is 5.82. The molecule has 0 amide bonds. The molecule has 1 rings (SSSR count). The van der Waals surface area contributed by atoms with E-state index in [4.69, 9.17) is 9.84 Å². The second kappa shape index (κ2) is 5.00. The Labute approximate surface area is 97.2 Å². The molecule has 0 radical (unpaired) electrons. The van der Waals surface area contributed by atoms with Crippen LogP contribution >= 0.6 is 0 Å². The van der Waals surface area contributed by atoms with Crippen molar-refractivity contribution in [2.24, 2.45) is 11.8 Å². The molecular formula is C12H24O4. The van der Waals surface area contributed by atoms with Crippen LogP contribution in [0, 0.1) is 11.8 Å². The first-order chi connectivity index (χ1) is 7.28. The Bertz CT molecular complexity index is 229. The molecule has 5 atom stereocenters. The van der Waals surface area contributed by atoms with Gasteiger partial charge in [0.25, 0.3) is 0 Å². The molecule has 4 heteroatoms. The molecule has 4 nitrogen and oxygen atoms in total. The maximum Gasteiger partial charge on any atom is 0.0894 e. The fourth-order valence-electron chi connectivity index (χ4n) is 2.24. The van der Waals surface area contributed by atoms with E-state index in [9.17, 15) is 10.2 Å². The minimum atomic E-state index is -0.741. The Morgan fingerprint density at radius 1 is 1.44 bits per heavy atom. The smallest absolute Gasteiger partial charge is 0.0894 e. The highest BCUT2D eigenvalue weighted by atomic mass is 16.5. The maximum absolute atomic E-state index is 10.1. The summed E-state index contributed by atoms with van der Waals surface area (Å²) in [5.74, 6) is -0.356. The largest absolute Gasteiger partial charge is 0.396 e. The zero-order chi connectivity index (χ0) is 12.5. The summed E-state index contributed by atoms with van der Waals surface area (Å²) in [5, 5.41) is 29.0. The molecule has 0 saturated carbocycles. The van der Waals surface area contributed by atoms with Crippen LogP contribution in [-0.2, 0) is 4.74 Å². The van der Waals surface area contributed by atoms with E-state index in [0.717, 1.165) is 0 Å². The molecule has 96 valence electrons. The van der Waals surface area contributed by atoms with Gasteiger partial charge in [0.2, 0.25) is 0 Å². The standard InChI is InChI=1S/C12H24O4/c1-7(6-13)10(15)11-8(2)9(14)5-12(3,4)16-11/h7-11,13-15H,5-6H2,1-4H3. The summed E-state index contributed by atoms with van der Waals surface area (Å²) in [6.45, 7) is 7.38. The highest BCUT2D eigenvalue weighted by molar-refractivity contribution is 4.92. The van der Waals surface area contributed by atoms with E-state index >= 15 is 0 Å². The second-order valence-corrected chi connectivity index (χ2v) is 5.62. The fourth-order valence-corrected chi connectivity index (χ4v) is 2.24. The third kappa shape index (κ3) is 2.94. The number of hydrogen-bond donors (Lipinski definition) is 3. The van der Waals surface area contributed by atoms with E-state index in [-0.39, 0.29) is 18.4 Å². The summed E-state index contributed by atoms with van der Waals surface area (Å²) in [4.78, 5) is 0. The van der Waals surface area contributed by atoms with Gasteiger partial charge in [0, 0.05) is 24.9 Å². The molecule has 16 heavy (non-hydrogen) atoms. The van der Waals surface area contributed by atoms with E-state index in [0.29, 0.717) is 6.42 Å². The molecule has 1 aliphatic rings. The number of aliphatic hydroxyl groups excluding tert-OH is 3. The number of aliphatic hydroxyl groups is 3. The van der Waals surface area contributed by atoms with Crippen LogP contribution in [0.4, 0.5) is 0 Å². The van der Waals surface area contributed by atoms with Gasteiger partial charge in [-0.15, -0.1) is 0 Å². The molecular weight excluding hydrogens is 208 g/mol. The van der Waals surface area contributed by atoms with Gasteiger partial charge in [-0.05, 0) is 13.8 Å². The van der Waals surface area contributed by atoms with Crippen molar-refractivity contribution in [2.75, 3.05) is 6.61 Å². The molecule has 0 aliphatic carbocycles. The topological polar surface area (TPSA) is 69.9 Å². The Morgan fingerprint density at radius 3 is 2.50 bits per heavy atom. The third-order valence-electron chi connectivity index (χ3n) is 3.49. The van der Waals surface area contributed by atoms with Crippen molar-refractivity contribution >= 4 is 0 Å². The highest BCUT2D eigenvalue weighted by Crippen LogP contribution is 2.35. The SMILES string of the molecule is CC(CO)C(O)C1OC(C)(C)CC(O)C1C. The van der Waals surface area contributed by atoms with E-state index in [1.807, 2.05) is 20.8 Å². The first-order valence-corrected chi connectivity index (χ1v) is 5.93. The predicted molar refractivity (Wildman–Crippen MR) is 61.0 cm³/mol. The van der Waals surface area contributed by atoms with Crippen LogP contribution in [0.15, 0.2) is 0 Å². The molecule has 5 unspecified atom stereocenters. The van der Waals surface area contributed by atoms with Crippen LogP contribution in [0.1, 0.15) is 34.1 Å². The molecule has 3 N–H and O–H groups in total. The predicted octanol–water partition coefficient (Wildman–Crippen LogP) is 0.540. The van der Waals surface area contributed by atoms with Gasteiger partial charge < -0.3 is 20.1 Å². The first kappa shape index (κ1) is 13.9. The summed E-state index contributed by atoms with van der Waals surface area (Å²) >= 11 is 0.